The molecule has 2 nitrogen and oxygen atoms in total. The van der Waals surface area contributed by atoms with Gasteiger partial charge in [-0.15, -0.1) is 0 Å². The zero-order valence-electron chi connectivity index (χ0n) is 8.50. The molecule has 1 aromatic carbocycles. The Morgan fingerprint density at radius 3 is 2.50 bits per heavy atom. The third kappa shape index (κ3) is 2.46. The Balaban J connectivity index is 2.83. The van der Waals surface area contributed by atoms with Gasteiger partial charge >= 0.3 is 5.97 Å². The van der Waals surface area contributed by atoms with Crippen LogP contribution in [0.3, 0.4) is 0 Å². The highest BCUT2D eigenvalue weighted by atomic mass is 16.4. The highest BCUT2D eigenvalue weighted by Gasteiger charge is 2.05. The molecule has 0 heterocycles. The summed E-state index contributed by atoms with van der Waals surface area (Å²) in [5, 5.41) is 8.67. The van der Waals surface area contributed by atoms with Crippen LogP contribution in [0, 0.1) is 13.8 Å². The van der Waals surface area contributed by atoms with Gasteiger partial charge in [-0.1, -0.05) is 24.8 Å². The van der Waals surface area contributed by atoms with E-state index in [-0.39, 0.29) is 5.57 Å². The van der Waals surface area contributed by atoms with Crippen molar-refractivity contribution in [1.29, 1.82) is 0 Å². The van der Waals surface area contributed by atoms with Gasteiger partial charge in [0.1, 0.15) is 0 Å². The van der Waals surface area contributed by atoms with Crippen LogP contribution < -0.4 is 0 Å². The zero-order chi connectivity index (χ0) is 10.7. The van der Waals surface area contributed by atoms with Crippen LogP contribution in [0.25, 0.3) is 0 Å². The maximum absolute atomic E-state index is 10.6. The topological polar surface area (TPSA) is 37.3 Å². The second-order valence-corrected chi connectivity index (χ2v) is 3.50. The Morgan fingerprint density at radius 2 is 2.00 bits per heavy atom. The summed E-state index contributed by atoms with van der Waals surface area (Å²) < 4.78 is 0. The fourth-order valence-electron chi connectivity index (χ4n) is 1.24. The molecule has 0 aliphatic heterocycles. The van der Waals surface area contributed by atoms with E-state index in [1.807, 2.05) is 32.0 Å². The SMILES string of the molecule is C=C(Cc1ccc(C)c(C)c1)C(=O)O. The van der Waals surface area contributed by atoms with E-state index >= 15 is 0 Å². The maximum atomic E-state index is 10.6. The lowest BCUT2D eigenvalue weighted by atomic mass is 10.0. The van der Waals surface area contributed by atoms with Crippen LogP contribution in [0.5, 0.6) is 0 Å². The van der Waals surface area contributed by atoms with Crippen LogP contribution in [0.15, 0.2) is 30.4 Å². The Kier molecular flexibility index (Phi) is 3.07. The average molecular weight is 190 g/mol. The molecule has 1 aromatic rings. The Hall–Kier alpha value is -1.57. The van der Waals surface area contributed by atoms with Crippen LogP contribution in [-0.4, -0.2) is 11.1 Å². The molecule has 74 valence electrons. The minimum absolute atomic E-state index is 0.230. The van der Waals surface area contributed by atoms with Gasteiger partial charge in [0.25, 0.3) is 0 Å². The van der Waals surface area contributed by atoms with Gasteiger partial charge in [0.05, 0.1) is 0 Å². The Labute approximate surface area is 83.9 Å². The molecular weight excluding hydrogens is 176 g/mol. The highest BCUT2D eigenvalue weighted by Crippen LogP contribution is 2.12. The molecule has 0 atom stereocenters. The standard InChI is InChI=1S/C12H14O2/c1-8-4-5-11(6-9(8)2)7-10(3)12(13)14/h4-6H,3,7H2,1-2H3,(H,13,14). The second kappa shape index (κ2) is 4.09. The van der Waals surface area contributed by atoms with E-state index in [1.165, 1.54) is 11.1 Å². The smallest absolute Gasteiger partial charge is 0.331 e. The molecule has 0 aliphatic rings. The van der Waals surface area contributed by atoms with Crippen LogP contribution in [0.1, 0.15) is 16.7 Å². The van der Waals surface area contributed by atoms with Crippen molar-refractivity contribution in [3.63, 3.8) is 0 Å². The van der Waals surface area contributed by atoms with Gasteiger partial charge in [0.15, 0.2) is 0 Å². The molecule has 0 radical (unpaired) electrons. The van der Waals surface area contributed by atoms with Crippen molar-refractivity contribution < 1.29 is 9.90 Å². The largest absolute Gasteiger partial charge is 0.478 e. The fraction of sp³-hybridized carbons (Fsp3) is 0.250. The van der Waals surface area contributed by atoms with Gasteiger partial charge in [0, 0.05) is 12.0 Å². The summed E-state index contributed by atoms with van der Waals surface area (Å²) in [4.78, 5) is 10.6. The predicted molar refractivity (Wildman–Crippen MR) is 56.4 cm³/mol. The molecule has 0 spiro atoms. The number of carbonyl (C=O) groups is 1. The van der Waals surface area contributed by atoms with Crippen molar-refractivity contribution in [2.24, 2.45) is 0 Å². The summed E-state index contributed by atoms with van der Waals surface area (Å²) in [5.74, 6) is -0.928. The lowest BCUT2D eigenvalue weighted by Crippen LogP contribution is -2.02. The number of aryl methyl sites for hydroxylation is 2. The number of aliphatic carboxylic acids is 1. The fourth-order valence-corrected chi connectivity index (χ4v) is 1.24. The molecule has 0 amide bonds. The summed E-state index contributed by atoms with van der Waals surface area (Å²) in [7, 11) is 0. The van der Waals surface area contributed by atoms with Gasteiger partial charge in [0.2, 0.25) is 0 Å². The molecule has 14 heavy (non-hydrogen) atoms. The van der Waals surface area contributed by atoms with Crippen LogP contribution >= 0.6 is 0 Å². The predicted octanol–water partition coefficient (Wildman–Crippen LogP) is 2.49. The van der Waals surface area contributed by atoms with E-state index in [0.717, 1.165) is 5.56 Å². The van der Waals surface area contributed by atoms with E-state index < -0.39 is 5.97 Å². The average Bonchev–Trinajstić information content (AvgIpc) is 2.11. The first-order valence-corrected chi connectivity index (χ1v) is 4.48. The van der Waals surface area contributed by atoms with Crippen molar-refractivity contribution >= 4 is 5.97 Å². The van der Waals surface area contributed by atoms with Crippen molar-refractivity contribution in [3.05, 3.63) is 47.0 Å². The molecule has 0 bridgehead atoms. The van der Waals surface area contributed by atoms with Crippen LogP contribution in [0.4, 0.5) is 0 Å². The quantitative estimate of drug-likeness (QED) is 0.743. The van der Waals surface area contributed by atoms with Crippen molar-refractivity contribution in [1.82, 2.24) is 0 Å². The summed E-state index contributed by atoms with van der Waals surface area (Å²) in [6.07, 6.45) is 0.413. The second-order valence-electron chi connectivity index (χ2n) is 3.50. The molecule has 0 aliphatic carbocycles. The first kappa shape index (κ1) is 10.5. The Morgan fingerprint density at radius 1 is 1.36 bits per heavy atom. The lowest BCUT2D eigenvalue weighted by molar-refractivity contribution is -0.132. The van der Waals surface area contributed by atoms with Gasteiger partial charge in [-0.05, 0) is 30.5 Å². The van der Waals surface area contributed by atoms with Gasteiger partial charge in [-0.2, -0.15) is 0 Å². The first-order chi connectivity index (χ1) is 6.50. The molecule has 1 rings (SSSR count). The third-order valence-corrected chi connectivity index (χ3v) is 2.29. The maximum Gasteiger partial charge on any atom is 0.331 e. The number of hydrogen-bond acceptors (Lipinski definition) is 1. The van der Waals surface area contributed by atoms with E-state index in [1.54, 1.807) is 0 Å². The number of hydrogen-bond donors (Lipinski definition) is 1. The summed E-state index contributed by atoms with van der Waals surface area (Å²) >= 11 is 0. The van der Waals surface area contributed by atoms with Crippen molar-refractivity contribution in [3.8, 4) is 0 Å². The third-order valence-electron chi connectivity index (χ3n) is 2.29. The molecule has 0 fully saturated rings. The monoisotopic (exact) mass is 190 g/mol. The molecule has 0 saturated carbocycles. The van der Waals surface area contributed by atoms with Crippen LogP contribution in [0.2, 0.25) is 0 Å². The van der Waals surface area contributed by atoms with E-state index in [9.17, 15) is 4.79 Å². The first-order valence-electron chi connectivity index (χ1n) is 4.48. The van der Waals surface area contributed by atoms with E-state index in [0.29, 0.717) is 6.42 Å². The molecule has 2 heteroatoms. The minimum Gasteiger partial charge on any atom is -0.478 e. The number of carboxylic acids is 1. The van der Waals surface area contributed by atoms with Crippen molar-refractivity contribution in [2.75, 3.05) is 0 Å². The molecule has 1 N–H and O–H groups in total. The minimum atomic E-state index is -0.928. The molecule has 0 unspecified atom stereocenters. The molecule has 0 aromatic heterocycles. The van der Waals surface area contributed by atoms with E-state index in [4.69, 9.17) is 5.11 Å². The Bertz CT molecular complexity index is 378. The normalized spacial score (nSPS) is 9.86. The van der Waals surface area contributed by atoms with Crippen molar-refractivity contribution in [2.45, 2.75) is 20.3 Å². The van der Waals surface area contributed by atoms with Gasteiger partial charge < -0.3 is 5.11 Å². The zero-order valence-corrected chi connectivity index (χ0v) is 8.50. The molecular formula is C12H14O2. The summed E-state index contributed by atoms with van der Waals surface area (Å²) in [6.45, 7) is 7.55. The van der Waals surface area contributed by atoms with Gasteiger partial charge in [-0.25, -0.2) is 4.79 Å². The van der Waals surface area contributed by atoms with Gasteiger partial charge in [-0.3, -0.25) is 0 Å². The number of rotatable bonds is 3. The molecule has 0 saturated heterocycles. The number of benzene rings is 1. The van der Waals surface area contributed by atoms with E-state index in [2.05, 4.69) is 6.58 Å². The van der Waals surface area contributed by atoms with Crippen LogP contribution in [-0.2, 0) is 11.2 Å². The highest BCUT2D eigenvalue weighted by molar-refractivity contribution is 5.86. The summed E-state index contributed by atoms with van der Waals surface area (Å²) in [5.41, 5.74) is 3.63. The number of carboxylic acid groups (broad SMARTS) is 1. The lowest BCUT2D eigenvalue weighted by Gasteiger charge is -2.04. The summed E-state index contributed by atoms with van der Waals surface area (Å²) in [6, 6.07) is 5.94.